The number of nitrogens with zero attached hydrogens (tertiary/aromatic N) is 1. The van der Waals surface area contributed by atoms with Gasteiger partial charge in [0.25, 0.3) is 5.92 Å². The summed E-state index contributed by atoms with van der Waals surface area (Å²) in [4.78, 5) is 4.01. The third kappa shape index (κ3) is 1.53. The summed E-state index contributed by atoms with van der Waals surface area (Å²) in [6.07, 6.45) is 1.32. The molecular weight excluding hydrogens is 188 g/mol. The number of hydrogen-bond acceptors (Lipinski definition) is 2. The summed E-state index contributed by atoms with van der Waals surface area (Å²) in [6, 6.07) is 0. The van der Waals surface area contributed by atoms with Crippen molar-refractivity contribution in [3.8, 4) is 0 Å². The molecule has 0 radical (unpaired) electrons. The molecular formula is C10H13F2NO. The van der Waals surface area contributed by atoms with Crippen LogP contribution < -0.4 is 0 Å². The molecule has 1 aliphatic carbocycles. The van der Waals surface area contributed by atoms with Crippen molar-refractivity contribution in [1.82, 2.24) is 4.98 Å². The number of alkyl halides is 2. The minimum Gasteiger partial charge on any atom is -0.445 e. The minimum atomic E-state index is -2.57. The van der Waals surface area contributed by atoms with Crippen molar-refractivity contribution in [2.75, 3.05) is 0 Å². The van der Waals surface area contributed by atoms with E-state index in [4.69, 9.17) is 4.42 Å². The molecule has 1 aromatic rings. The van der Waals surface area contributed by atoms with Crippen LogP contribution in [0.4, 0.5) is 8.78 Å². The second-order valence-corrected chi connectivity index (χ2v) is 4.84. The smallest absolute Gasteiger partial charge is 0.259 e. The number of rotatable bonds is 1. The Balaban J connectivity index is 2.20. The van der Waals surface area contributed by atoms with E-state index in [2.05, 4.69) is 4.98 Å². The van der Waals surface area contributed by atoms with Crippen LogP contribution in [0.1, 0.15) is 44.8 Å². The molecule has 2 nitrogen and oxygen atoms in total. The Hall–Kier alpha value is -0.930. The van der Waals surface area contributed by atoms with Gasteiger partial charge in [0.2, 0.25) is 0 Å². The molecule has 1 heterocycles. The highest BCUT2D eigenvalue weighted by molar-refractivity contribution is 5.19. The first-order valence-corrected chi connectivity index (χ1v) is 4.65. The van der Waals surface area contributed by atoms with Crippen molar-refractivity contribution in [2.45, 2.75) is 44.4 Å². The van der Waals surface area contributed by atoms with E-state index in [-0.39, 0.29) is 11.8 Å². The molecule has 4 heteroatoms. The zero-order valence-corrected chi connectivity index (χ0v) is 8.47. The molecule has 14 heavy (non-hydrogen) atoms. The average Bonchev–Trinajstić information content (AvgIpc) is 2.48. The zero-order chi connectivity index (χ0) is 10.6. The van der Waals surface area contributed by atoms with E-state index in [1.807, 2.05) is 20.8 Å². The summed E-state index contributed by atoms with van der Waals surface area (Å²) in [6.45, 7) is 5.81. The lowest BCUT2D eigenvalue weighted by atomic mass is 9.97. The molecule has 0 N–H and O–H groups in total. The second kappa shape index (κ2) is 2.55. The molecule has 0 aromatic carbocycles. The Labute approximate surface area is 81.3 Å². The summed E-state index contributed by atoms with van der Waals surface area (Å²) in [5.41, 5.74) is -0.220. The Bertz CT molecular complexity index is 351. The molecule has 0 aliphatic heterocycles. The zero-order valence-electron chi connectivity index (χ0n) is 8.47. The first-order valence-electron chi connectivity index (χ1n) is 4.65. The molecule has 2 rings (SSSR count). The lowest BCUT2D eigenvalue weighted by Crippen LogP contribution is -2.10. The van der Waals surface area contributed by atoms with Crippen molar-refractivity contribution in [3.05, 3.63) is 17.8 Å². The monoisotopic (exact) mass is 201 g/mol. The van der Waals surface area contributed by atoms with Crippen LogP contribution in [0, 0.1) is 0 Å². The van der Waals surface area contributed by atoms with Crippen LogP contribution >= 0.6 is 0 Å². The standard InChI is InChI=1S/C10H13F2NO/c1-9(2,3)8-13-5-7(14-8)6-4-10(6,11)12/h5-6H,4H2,1-3H3. The fourth-order valence-electron chi connectivity index (χ4n) is 1.32. The van der Waals surface area contributed by atoms with Crippen LogP contribution in [0.3, 0.4) is 0 Å². The number of oxazole rings is 1. The Morgan fingerprint density at radius 3 is 2.43 bits per heavy atom. The summed E-state index contributed by atoms with van der Waals surface area (Å²) in [7, 11) is 0. The molecule has 0 spiro atoms. The minimum absolute atomic E-state index is 0.105. The fourth-order valence-corrected chi connectivity index (χ4v) is 1.32. The van der Waals surface area contributed by atoms with Gasteiger partial charge in [0.1, 0.15) is 5.76 Å². The van der Waals surface area contributed by atoms with Crippen LogP contribution in [-0.4, -0.2) is 10.9 Å². The fraction of sp³-hybridized carbons (Fsp3) is 0.700. The Morgan fingerprint density at radius 2 is 2.07 bits per heavy atom. The summed E-state index contributed by atoms with van der Waals surface area (Å²) in [5, 5.41) is 0. The lowest BCUT2D eigenvalue weighted by Gasteiger charge is -2.12. The molecule has 1 aromatic heterocycles. The number of aromatic nitrogens is 1. The lowest BCUT2D eigenvalue weighted by molar-refractivity contribution is 0.108. The summed E-state index contributed by atoms with van der Waals surface area (Å²) >= 11 is 0. The quantitative estimate of drug-likeness (QED) is 0.697. The summed E-state index contributed by atoms with van der Waals surface area (Å²) < 4.78 is 30.7. The van der Waals surface area contributed by atoms with E-state index in [1.54, 1.807) is 0 Å². The van der Waals surface area contributed by atoms with E-state index in [1.165, 1.54) is 6.20 Å². The predicted octanol–water partition coefficient (Wildman–Crippen LogP) is 3.09. The molecule has 0 saturated heterocycles. The van der Waals surface area contributed by atoms with E-state index in [0.29, 0.717) is 11.7 Å². The first-order chi connectivity index (χ1) is 6.31. The average molecular weight is 201 g/mol. The van der Waals surface area contributed by atoms with E-state index < -0.39 is 11.8 Å². The van der Waals surface area contributed by atoms with Crippen LogP contribution in [0.15, 0.2) is 10.6 Å². The third-order valence-electron chi connectivity index (χ3n) is 2.33. The van der Waals surface area contributed by atoms with Gasteiger partial charge in [-0.2, -0.15) is 0 Å². The van der Waals surface area contributed by atoms with Gasteiger partial charge in [0.05, 0.1) is 12.1 Å². The molecule has 0 amide bonds. The first kappa shape index (κ1) is 9.62. The third-order valence-corrected chi connectivity index (χ3v) is 2.33. The molecule has 1 unspecified atom stereocenters. The predicted molar refractivity (Wildman–Crippen MR) is 47.5 cm³/mol. The topological polar surface area (TPSA) is 26.0 Å². The van der Waals surface area contributed by atoms with Gasteiger partial charge in [-0.1, -0.05) is 20.8 Å². The van der Waals surface area contributed by atoms with Crippen LogP contribution in [0.5, 0.6) is 0 Å². The molecule has 78 valence electrons. The molecule has 1 atom stereocenters. The Morgan fingerprint density at radius 1 is 1.50 bits per heavy atom. The number of hydrogen-bond donors (Lipinski definition) is 0. The van der Waals surface area contributed by atoms with Gasteiger partial charge >= 0.3 is 0 Å². The highest BCUT2D eigenvalue weighted by Gasteiger charge is 2.59. The highest BCUT2D eigenvalue weighted by Crippen LogP contribution is 2.55. The Kier molecular flexibility index (Phi) is 1.75. The van der Waals surface area contributed by atoms with Crippen LogP contribution in [0.25, 0.3) is 0 Å². The van der Waals surface area contributed by atoms with Crippen molar-refractivity contribution < 1.29 is 13.2 Å². The maximum Gasteiger partial charge on any atom is 0.259 e. The maximum atomic E-state index is 12.7. The van der Waals surface area contributed by atoms with Gasteiger partial charge in [0.15, 0.2) is 5.89 Å². The largest absolute Gasteiger partial charge is 0.445 e. The molecule has 1 aliphatic rings. The van der Waals surface area contributed by atoms with Gasteiger partial charge in [0, 0.05) is 11.8 Å². The maximum absolute atomic E-state index is 12.7. The van der Waals surface area contributed by atoms with Crippen molar-refractivity contribution in [1.29, 1.82) is 0 Å². The SMILES string of the molecule is CC(C)(C)c1ncc(C2CC2(F)F)o1. The summed E-state index contributed by atoms with van der Waals surface area (Å²) in [5.74, 6) is -2.48. The van der Waals surface area contributed by atoms with Crippen molar-refractivity contribution >= 4 is 0 Å². The van der Waals surface area contributed by atoms with Gasteiger partial charge in [-0.3, -0.25) is 0 Å². The molecule has 0 bridgehead atoms. The van der Waals surface area contributed by atoms with E-state index in [0.717, 1.165) is 0 Å². The van der Waals surface area contributed by atoms with Crippen molar-refractivity contribution in [2.24, 2.45) is 0 Å². The molecule has 1 fully saturated rings. The van der Waals surface area contributed by atoms with Gasteiger partial charge < -0.3 is 4.42 Å². The van der Waals surface area contributed by atoms with Crippen LogP contribution in [-0.2, 0) is 5.41 Å². The second-order valence-electron chi connectivity index (χ2n) is 4.84. The van der Waals surface area contributed by atoms with Crippen LogP contribution in [0.2, 0.25) is 0 Å². The molecule has 1 saturated carbocycles. The van der Waals surface area contributed by atoms with E-state index in [9.17, 15) is 8.78 Å². The van der Waals surface area contributed by atoms with Gasteiger partial charge in [-0.25, -0.2) is 13.8 Å². The van der Waals surface area contributed by atoms with E-state index >= 15 is 0 Å². The van der Waals surface area contributed by atoms with Crippen molar-refractivity contribution in [3.63, 3.8) is 0 Å². The van der Waals surface area contributed by atoms with Gasteiger partial charge in [-0.15, -0.1) is 0 Å². The van der Waals surface area contributed by atoms with Gasteiger partial charge in [-0.05, 0) is 0 Å². The normalized spacial score (nSPS) is 25.1. The number of halogens is 2. The highest BCUT2D eigenvalue weighted by atomic mass is 19.3.